The van der Waals surface area contributed by atoms with E-state index in [9.17, 15) is 26.4 Å². The summed E-state index contributed by atoms with van der Waals surface area (Å²) in [5, 5.41) is 11.2. The molecule has 0 saturated heterocycles. The maximum atomic E-state index is 13.6. The highest BCUT2D eigenvalue weighted by Crippen LogP contribution is 2.40. The van der Waals surface area contributed by atoms with Crippen molar-refractivity contribution >= 4 is 39.3 Å². The van der Waals surface area contributed by atoms with Crippen LogP contribution >= 0.6 is 11.8 Å². The summed E-state index contributed by atoms with van der Waals surface area (Å²) in [6, 6.07) is 17.3. The van der Waals surface area contributed by atoms with E-state index in [1.807, 2.05) is 30.3 Å². The molecule has 1 unspecified atom stereocenters. The fraction of sp³-hybridized carbons (Fsp3) is 0.208. The average Bonchev–Trinajstić information content (AvgIpc) is 2.83. The molecule has 0 aromatic heterocycles. The van der Waals surface area contributed by atoms with Crippen LogP contribution in [0.5, 0.6) is 5.75 Å². The smallest absolute Gasteiger partial charge is 0.416 e. The van der Waals surface area contributed by atoms with Crippen molar-refractivity contribution in [3.63, 3.8) is 0 Å². The Kier molecular flexibility index (Phi) is 7.36. The number of thioether (sulfide) groups is 1. The number of amides is 1. The van der Waals surface area contributed by atoms with Crippen LogP contribution in [-0.2, 0) is 22.0 Å². The molecule has 1 amide bonds. The van der Waals surface area contributed by atoms with E-state index in [-0.39, 0.29) is 23.7 Å². The summed E-state index contributed by atoms with van der Waals surface area (Å²) in [6.45, 7) is -0.163. The molecule has 0 radical (unpaired) electrons. The van der Waals surface area contributed by atoms with Gasteiger partial charge in [-0.2, -0.15) is 24.9 Å². The Hall–Kier alpha value is -3.38. The Morgan fingerprint density at radius 1 is 1.08 bits per heavy atom. The number of rotatable bonds is 7. The molecule has 36 heavy (non-hydrogen) atoms. The van der Waals surface area contributed by atoms with E-state index in [0.717, 1.165) is 28.1 Å². The van der Waals surface area contributed by atoms with Crippen molar-refractivity contribution in [2.75, 3.05) is 21.9 Å². The fourth-order valence-electron chi connectivity index (χ4n) is 3.67. The number of hydrogen-bond donors (Lipinski definition) is 2. The molecule has 2 N–H and O–H groups in total. The summed E-state index contributed by atoms with van der Waals surface area (Å²) in [5.41, 5.74) is 0.110. The lowest BCUT2D eigenvalue weighted by Gasteiger charge is -2.35. The van der Waals surface area contributed by atoms with Crippen molar-refractivity contribution in [2.45, 2.75) is 22.9 Å². The van der Waals surface area contributed by atoms with Crippen LogP contribution in [0.2, 0.25) is 0 Å². The Balaban J connectivity index is 1.66. The van der Waals surface area contributed by atoms with Crippen LogP contribution < -0.4 is 14.4 Å². The predicted molar refractivity (Wildman–Crippen MR) is 131 cm³/mol. The molecule has 0 fully saturated rings. The Bertz CT molecular complexity index is 1350. The number of fused-ring (bicyclic) bond motifs is 1. The molecule has 1 aliphatic heterocycles. The highest BCUT2D eigenvalue weighted by molar-refractivity contribution is 7.98. The van der Waals surface area contributed by atoms with E-state index in [2.05, 4.69) is 5.32 Å². The van der Waals surface area contributed by atoms with Crippen LogP contribution in [0.3, 0.4) is 0 Å². The first-order chi connectivity index (χ1) is 17.0. The zero-order valence-corrected chi connectivity index (χ0v) is 20.2. The minimum atomic E-state index is -4.72. The number of alkyl halides is 3. The number of hydrogen-bond acceptors (Lipinski definition) is 5. The fourth-order valence-corrected chi connectivity index (χ4v) is 6.20. The van der Waals surface area contributed by atoms with Gasteiger partial charge >= 0.3 is 12.3 Å². The molecule has 0 bridgehead atoms. The van der Waals surface area contributed by atoms with E-state index >= 15 is 0 Å². The third kappa shape index (κ3) is 5.88. The normalized spacial score (nSPS) is 15.6. The largest absolute Gasteiger partial charge is 0.485 e. The molecule has 3 aromatic rings. The lowest BCUT2D eigenvalue weighted by atomic mass is 10.2. The molecule has 0 saturated carbocycles. The van der Waals surface area contributed by atoms with Crippen molar-refractivity contribution in [3.05, 3.63) is 83.9 Å². The zero-order valence-electron chi connectivity index (χ0n) is 18.6. The number of ether oxygens (including phenoxy) is 1. The van der Waals surface area contributed by atoms with Gasteiger partial charge in [-0.15, -0.1) is 0 Å². The molecule has 1 heterocycles. The number of sulfonamides is 1. The topological polar surface area (TPSA) is 95.9 Å². The highest BCUT2D eigenvalue weighted by atomic mass is 32.2. The van der Waals surface area contributed by atoms with Crippen molar-refractivity contribution < 1.29 is 36.2 Å². The predicted octanol–water partition coefficient (Wildman–Crippen LogP) is 5.69. The third-order valence-electron chi connectivity index (χ3n) is 5.31. The van der Waals surface area contributed by atoms with E-state index in [1.54, 1.807) is 0 Å². The maximum absolute atomic E-state index is 13.6. The summed E-state index contributed by atoms with van der Waals surface area (Å²) >= 11 is 1.53. The Labute approximate surface area is 209 Å². The molecule has 3 aromatic carbocycles. The van der Waals surface area contributed by atoms with Gasteiger partial charge in [0.1, 0.15) is 11.9 Å². The second-order valence-corrected chi connectivity index (χ2v) is 10.8. The van der Waals surface area contributed by atoms with Gasteiger partial charge in [0.15, 0.2) is 0 Å². The van der Waals surface area contributed by atoms with Crippen molar-refractivity contribution in [3.8, 4) is 5.75 Å². The lowest BCUT2D eigenvalue weighted by Crippen LogP contribution is -2.44. The number of benzene rings is 3. The standard InChI is InChI=1S/C24H21F3N2O5S2/c25-24(26,27)17-7-4-8-20(11-17)36(32,33)29-13-19(15-35-14-16-5-2-1-3-6-16)34-22-10-9-18(12-21(22)29)28-23(30)31/h1-12,19,28H,13-15H2,(H,30,31). The van der Waals surface area contributed by atoms with Crippen LogP contribution in [0.1, 0.15) is 11.1 Å². The molecule has 4 rings (SSSR count). The minimum Gasteiger partial charge on any atom is -0.485 e. The Morgan fingerprint density at radius 3 is 2.53 bits per heavy atom. The maximum Gasteiger partial charge on any atom is 0.416 e. The molecular formula is C24H21F3N2O5S2. The van der Waals surface area contributed by atoms with Gasteiger partial charge in [0.25, 0.3) is 10.0 Å². The van der Waals surface area contributed by atoms with Gasteiger partial charge < -0.3 is 9.84 Å². The molecule has 7 nitrogen and oxygen atoms in total. The monoisotopic (exact) mass is 538 g/mol. The first kappa shape index (κ1) is 25.7. The quantitative estimate of drug-likeness (QED) is 0.402. The minimum absolute atomic E-state index is 0.0305. The molecule has 12 heteroatoms. The molecule has 1 aliphatic rings. The zero-order chi connectivity index (χ0) is 25.9. The summed E-state index contributed by atoms with van der Waals surface area (Å²) in [5.74, 6) is 1.26. The summed E-state index contributed by atoms with van der Waals surface area (Å²) in [4.78, 5) is 10.5. The number of carboxylic acid groups (broad SMARTS) is 1. The lowest BCUT2D eigenvalue weighted by molar-refractivity contribution is -0.137. The molecule has 1 atom stereocenters. The van der Waals surface area contributed by atoms with Gasteiger partial charge in [-0.3, -0.25) is 9.62 Å². The van der Waals surface area contributed by atoms with Gasteiger partial charge in [0, 0.05) is 17.2 Å². The van der Waals surface area contributed by atoms with Crippen LogP contribution in [0.4, 0.5) is 29.3 Å². The second-order valence-electron chi connectivity index (χ2n) is 7.91. The van der Waals surface area contributed by atoms with Crippen molar-refractivity contribution in [1.29, 1.82) is 0 Å². The summed E-state index contributed by atoms with van der Waals surface area (Å²) in [6.07, 6.45) is -6.66. The van der Waals surface area contributed by atoms with Gasteiger partial charge in [-0.05, 0) is 42.0 Å². The Morgan fingerprint density at radius 2 is 1.83 bits per heavy atom. The average molecular weight is 539 g/mol. The molecule has 190 valence electrons. The summed E-state index contributed by atoms with van der Waals surface area (Å²) < 4.78 is 73.9. The third-order valence-corrected chi connectivity index (χ3v) is 8.23. The van der Waals surface area contributed by atoms with Gasteiger partial charge in [0.05, 0.1) is 22.7 Å². The van der Waals surface area contributed by atoms with Gasteiger partial charge in [0.2, 0.25) is 0 Å². The summed E-state index contributed by atoms with van der Waals surface area (Å²) in [7, 11) is -4.44. The number of anilines is 2. The van der Waals surface area contributed by atoms with E-state index < -0.39 is 38.9 Å². The van der Waals surface area contributed by atoms with E-state index in [1.165, 1.54) is 30.0 Å². The SMILES string of the molecule is O=C(O)Nc1ccc2c(c1)N(S(=O)(=O)c1cccc(C(F)(F)F)c1)CC(CSCc1ccccc1)O2. The van der Waals surface area contributed by atoms with Crippen molar-refractivity contribution in [1.82, 2.24) is 0 Å². The van der Waals surface area contributed by atoms with Gasteiger partial charge in [-0.25, -0.2) is 13.2 Å². The molecule has 0 aliphatic carbocycles. The highest BCUT2D eigenvalue weighted by Gasteiger charge is 2.37. The van der Waals surface area contributed by atoms with Crippen molar-refractivity contribution in [2.24, 2.45) is 0 Å². The number of nitrogens with one attached hydrogen (secondary N) is 1. The first-order valence-electron chi connectivity index (χ1n) is 10.7. The number of halogens is 3. The molecular weight excluding hydrogens is 517 g/mol. The van der Waals surface area contributed by atoms with E-state index in [0.29, 0.717) is 17.6 Å². The van der Waals surface area contributed by atoms with Crippen LogP contribution in [0, 0.1) is 0 Å². The van der Waals surface area contributed by atoms with Crippen LogP contribution in [-0.4, -0.2) is 38.0 Å². The van der Waals surface area contributed by atoms with Crippen LogP contribution in [0.25, 0.3) is 0 Å². The molecule has 0 spiro atoms. The van der Waals surface area contributed by atoms with Gasteiger partial charge in [-0.1, -0.05) is 36.4 Å². The number of carbonyl (C=O) groups is 1. The van der Waals surface area contributed by atoms with E-state index in [4.69, 9.17) is 9.84 Å². The van der Waals surface area contributed by atoms with Crippen LogP contribution in [0.15, 0.2) is 77.7 Å². The first-order valence-corrected chi connectivity index (χ1v) is 13.3. The number of nitrogens with zero attached hydrogens (tertiary/aromatic N) is 1. The second kappa shape index (κ2) is 10.3.